The molecule has 1 spiro atoms. The zero-order valence-corrected chi connectivity index (χ0v) is 17.5. The van der Waals surface area contributed by atoms with E-state index in [0.717, 1.165) is 5.56 Å². The standard InChI is InChI=1S/C21H22FN7O2/c1-11-6-28-17-14(5-21(7-23-9-24-8-21)19(28)12(2)30-11)4-15-18(16(17)22)31-27-20(15)29-10-25-13(3)26-29/h4,7-8,10-12,19H,5-6,9H2,1-3H3/t11-,12+,19-/m0/s1. The summed E-state index contributed by atoms with van der Waals surface area (Å²) in [7, 11) is 0. The summed E-state index contributed by atoms with van der Waals surface area (Å²) in [5, 5.41) is 8.97. The van der Waals surface area contributed by atoms with E-state index in [1.54, 1.807) is 13.3 Å². The molecule has 2 aromatic heterocycles. The first-order valence-electron chi connectivity index (χ1n) is 10.4. The third-order valence-electron chi connectivity index (χ3n) is 6.40. The van der Waals surface area contributed by atoms with E-state index in [1.165, 1.54) is 4.68 Å². The maximum atomic E-state index is 15.9. The molecule has 31 heavy (non-hydrogen) atoms. The van der Waals surface area contributed by atoms with Crippen LogP contribution in [-0.2, 0) is 11.2 Å². The zero-order chi connectivity index (χ0) is 21.3. The first-order valence-corrected chi connectivity index (χ1v) is 10.4. The summed E-state index contributed by atoms with van der Waals surface area (Å²) in [6.45, 7) is 6.81. The average molecular weight is 423 g/mol. The maximum Gasteiger partial charge on any atom is 0.206 e. The van der Waals surface area contributed by atoms with Crippen molar-refractivity contribution in [1.29, 1.82) is 0 Å². The number of nitrogens with zero attached hydrogens (tertiary/aromatic N) is 7. The molecular weight excluding hydrogens is 401 g/mol. The summed E-state index contributed by atoms with van der Waals surface area (Å²) in [5.74, 6) is 0.611. The van der Waals surface area contributed by atoms with Crippen molar-refractivity contribution in [2.24, 2.45) is 15.4 Å². The molecular formula is C21H22FN7O2. The van der Waals surface area contributed by atoms with Crippen LogP contribution in [0.2, 0.25) is 0 Å². The average Bonchev–Trinajstić information content (AvgIpc) is 3.34. The molecule has 160 valence electrons. The first-order chi connectivity index (χ1) is 15.0. The second-order valence-corrected chi connectivity index (χ2v) is 8.62. The van der Waals surface area contributed by atoms with Crippen LogP contribution in [0.4, 0.5) is 10.1 Å². The predicted octanol–water partition coefficient (Wildman–Crippen LogP) is 2.49. The van der Waals surface area contributed by atoms with E-state index < -0.39 is 11.2 Å². The highest BCUT2D eigenvalue weighted by Gasteiger charge is 2.52. The van der Waals surface area contributed by atoms with Crippen molar-refractivity contribution < 1.29 is 13.7 Å². The molecule has 1 fully saturated rings. The van der Waals surface area contributed by atoms with Gasteiger partial charge in [0.1, 0.15) is 18.8 Å². The van der Waals surface area contributed by atoms with Crippen molar-refractivity contribution in [3.63, 3.8) is 0 Å². The van der Waals surface area contributed by atoms with Crippen LogP contribution >= 0.6 is 0 Å². The Morgan fingerprint density at radius 2 is 2.03 bits per heavy atom. The lowest BCUT2D eigenvalue weighted by atomic mass is 9.69. The molecule has 0 unspecified atom stereocenters. The molecule has 5 heterocycles. The lowest BCUT2D eigenvalue weighted by molar-refractivity contribution is -0.0432. The van der Waals surface area contributed by atoms with Crippen molar-refractivity contribution in [3.8, 4) is 5.82 Å². The van der Waals surface area contributed by atoms with Crippen LogP contribution in [0.5, 0.6) is 0 Å². The van der Waals surface area contributed by atoms with E-state index in [9.17, 15) is 0 Å². The topological polar surface area (TPSA) is 93.9 Å². The van der Waals surface area contributed by atoms with Crippen molar-refractivity contribution in [2.75, 3.05) is 18.1 Å². The number of morpholine rings is 1. The number of aryl methyl sites for hydroxylation is 1. The van der Waals surface area contributed by atoms with Crippen LogP contribution in [0.25, 0.3) is 16.8 Å². The van der Waals surface area contributed by atoms with E-state index >= 15 is 4.39 Å². The maximum absolute atomic E-state index is 15.9. The molecule has 0 amide bonds. The summed E-state index contributed by atoms with van der Waals surface area (Å²) in [4.78, 5) is 15.2. The zero-order valence-electron chi connectivity index (χ0n) is 17.5. The van der Waals surface area contributed by atoms with Gasteiger partial charge in [-0.25, -0.2) is 9.37 Å². The van der Waals surface area contributed by atoms with Gasteiger partial charge < -0.3 is 14.2 Å². The Bertz CT molecular complexity index is 1230. The minimum Gasteiger partial charge on any atom is -0.372 e. The van der Waals surface area contributed by atoms with Gasteiger partial charge in [0, 0.05) is 19.0 Å². The Kier molecular flexibility index (Phi) is 3.86. The first kappa shape index (κ1) is 18.6. The lowest BCUT2D eigenvalue weighted by Gasteiger charge is -2.54. The minimum absolute atomic E-state index is 0.0368. The summed E-state index contributed by atoms with van der Waals surface area (Å²) < 4.78 is 29.1. The Morgan fingerprint density at radius 3 is 2.77 bits per heavy atom. The molecule has 3 aliphatic rings. The van der Waals surface area contributed by atoms with Crippen molar-refractivity contribution in [3.05, 3.63) is 29.6 Å². The van der Waals surface area contributed by atoms with Gasteiger partial charge >= 0.3 is 0 Å². The van der Waals surface area contributed by atoms with Crippen molar-refractivity contribution in [2.45, 2.75) is 45.4 Å². The fourth-order valence-electron chi connectivity index (χ4n) is 5.39. The third-order valence-corrected chi connectivity index (χ3v) is 6.40. The Labute approximate surface area is 177 Å². The number of ether oxygens (including phenoxy) is 1. The number of hydrogen-bond acceptors (Lipinski definition) is 8. The van der Waals surface area contributed by atoms with Crippen LogP contribution < -0.4 is 4.90 Å². The van der Waals surface area contributed by atoms with E-state index in [2.05, 4.69) is 30.1 Å². The molecule has 3 aromatic rings. The Morgan fingerprint density at radius 1 is 1.23 bits per heavy atom. The van der Waals surface area contributed by atoms with Gasteiger partial charge in [0.25, 0.3) is 0 Å². The molecule has 0 bridgehead atoms. The second-order valence-electron chi connectivity index (χ2n) is 8.62. The largest absolute Gasteiger partial charge is 0.372 e. The second kappa shape index (κ2) is 6.43. The summed E-state index contributed by atoms with van der Waals surface area (Å²) in [6.07, 6.45) is 5.89. The fourth-order valence-corrected chi connectivity index (χ4v) is 5.39. The predicted molar refractivity (Wildman–Crippen MR) is 113 cm³/mol. The number of aliphatic imine (C=N–C) groups is 2. The van der Waals surface area contributed by atoms with E-state index in [-0.39, 0.29) is 23.8 Å². The molecule has 3 atom stereocenters. The Balaban J connectivity index is 1.59. The SMILES string of the molecule is Cc1ncn(-c2noc3c(F)c4c(cc23)CC2(C=NCN=C2)[C@@H]2[C@@H](C)O[C@@H](C)CN42)n1. The van der Waals surface area contributed by atoms with Gasteiger partial charge in [0.15, 0.2) is 5.82 Å². The van der Waals surface area contributed by atoms with Gasteiger partial charge in [-0.3, -0.25) is 9.98 Å². The lowest BCUT2D eigenvalue weighted by Crippen LogP contribution is -2.65. The molecule has 0 N–H and O–H groups in total. The minimum atomic E-state index is -0.466. The summed E-state index contributed by atoms with van der Waals surface area (Å²) in [6, 6.07) is 1.84. The molecule has 10 heteroatoms. The Hall–Kier alpha value is -3.14. The van der Waals surface area contributed by atoms with Gasteiger partial charge in [0.05, 0.1) is 34.7 Å². The van der Waals surface area contributed by atoms with E-state index in [4.69, 9.17) is 9.26 Å². The summed E-state index contributed by atoms with van der Waals surface area (Å²) >= 11 is 0. The quantitative estimate of drug-likeness (QED) is 0.597. The van der Waals surface area contributed by atoms with Gasteiger partial charge in [-0.05, 0) is 38.8 Å². The number of rotatable bonds is 1. The smallest absolute Gasteiger partial charge is 0.206 e. The molecule has 0 aliphatic carbocycles. The number of halogens is 1. The molecule has 9 nitrogen and oxygen atoms in total. The fraction of sp³-hybridized carbons (Fsp3) is 0.476. The van der Waals surface area contributed by atoms with E-state index in [0.29, 0.717) is 42.4 Å². The molecule has 6 rings (SSSR count). The number of anilines is 1. The summed E-state index contributed by atoms with van der Waals surface area (Å²) in [5.41, 5.74) is 1.07. The highest BCUT2D eigenvalue weighted by atomic mass is 19.1. The normalized spacial score (nSPS) is 26.5. The molecule has 0 radical (unpaired) electrons. The van der Waals surface area contributed by atoms with Crippen molar-refractivity contribution in [1.82, 2.24) is 19.9 Å². The van der Waals surface area contributed by atoms with Gasteiger partial charge in [-0.1, -0.05) is 5.16 Å². The third kappa shape index (κ3) is 2.60. The van der Waals surface area contributed by atoms with Gasteiger partial charge in [-0.2, -0.15) is 9.78 Å². The van der Waals surface area contributed by atoms with Crippen molar-refractivity contribution >= 4 is 29.1 Å². The highest BCUT2D eigenvalue weighted by molar-refractivity contribution is 5.96. The number of fused-ring (bicyclic) bond motifs is 5. The van der Waals surface area contributed by atoms with Crippen LogP contribution in [0.3, 0.4) is 0 Å². The monoisotopic (exact) mass is 423 g/mol. The molecule has 1 aromatic carbocycles. The number of benzene rings is 1. The number of aromatic nitrogens is 4. The molecule has 3 aliphatic heterocycles. The molecule has 1 saturated heterocycles. The number of hydrogen-bond donors (Lipinski definition) is 0. The van der Waals surface area contributed by atoms with Gasteiger partial charge in [0.2, 0.25) is 11.4 Å². The van der Waals surface area contributed by atoms with Crippen LogP contribution in [0.1, 0.15) is 25.2 Å². The van der Waals surface area contributed by atoms with Crippen LogP contribution in [0, 0.1) is 18.2 Å². The molecule has 0 saturated carbocycles. The van der Waals surface area contributed by atoms with E-state index in [1.807, 2.05) is 32.3 Å². The van der Waals surface area contributed by atoms with Gasteiger partial charge in [-0.15, -0.1) is 0 Å². The van der Waals surface area contributed by atoms with Crippen LogP contribution in [0.15, 0.2) is 26.9 Å². The van der Waals surface area contributed by atoms with Crippen LogP contribution in [-0.4, -0.2) is 63.8 Å². The highest BCUT2D eigenvalue weighted by Crippen LogP contribution is 2.47.